The molecule has 0 saturated carbocycles. The summed E-state index contributed by atoms with van der Waals surface area (Å²) in [5.74, 6) is -0.893. The van der Waals surface area contributed by atoms with E-state index in [-0.39, 0.29) is 18.4 Å². The largest absolute Gasteiger partial charge is 0.449 e. The van der Waals surface area contributed by atoms with Gasteiger partial charge in [0.25, 0.3) is 0 Å². The zero-order chi connectivity index (χ0) is 12.8. The number of alkyl halides is 3. The maximum absolute atomic E-state index is 12.7. The first kappa shape index (κ1) is 12.2. The van der Waals surface area contributed by atoms with E-state index >= 15 is 0 Å². The van der Waals surface area contributed by atoms with E-state index in [4.69, 9.17) is 5.73 Å². The summed E-state index contributed by atoms with van der Waals surface area (Å²) in [7, 11) is 0. The molecule has 17 heavy (non-hydrogen) atoms. The Morgan fingerprint density at radius 3 is 2.47 bits per heavy atom. The molecule has 0 radical (unpaired) electrons. The molecule has 1 aliphatic rings. The van der Waals surface area contributed by atoms with Gasteiger partial charge in [0.2, 0.25) is 5.82 Å². The van der Waals surface area contributed by atoms with Gasteiger partial charge in [0.15, 0.2) is 0 Å². The van der Waals surface area contributed by atoms with E-state index in [9.17, 15) is 13.2 Å². The molecule has 0 unspecified atom stereocenters. The standard InChI is InChI=1S/C10H15F3N4/c1-6(2)16-3-4-17-7(5-16)8(14)15-9(17)10(11,12)13/h6H,3-5,14H2,1-2H3. The molecule has 2 rings (SSSR count). The number of hydrogen-bond acceptors (Lipinski definition) is 3. The first-order valence-corrected chi connectivity index (χ1v) is 5.47. The number of hydrogen-bond donors (Lipinski definition) is 1. The third kappa shape index (κ3) is 2.11. The van der Waals surface area contributed by atoms with E-state index in [1.807, 2.05) is 13.8 Å². The second-order valence-electron chi connectivity index (χ2n) is 4.48. The van der Waals surface area contributed by atoms with E-state index in [2.05, 4.69) is 9.88 Å². The van der Waals surface area contributed by atoms with Crippen molar-refractivity contribution in [1.29, 1.82) is 0 Å². The van der Waals surface area contributed by atoms with Gasteiger partial charge in [0.1, 0.15) is 5.82 Å². The molecule has 0 fully saturated rings. The van der Waals surface area contributed by atoms with Gasteiger partial charge in [0.05, 0.1) is 5.69 Å². The highest BCUT2D eigenvalue weighted by atomic mass is 19.4. The van der Waals surface area contributed by atoms with Gasteiger partial charge >= 0.3 is 6.18 Å². The first-order valence-electron chi connectivity index (χ1n) is 5.47. The minimum absolute atomic E-state index is 0.0114. The van der Waals surface area contributed by atoms with Crippen LogP contribution < -0.4 is 5.73 Å². The summed E-state index contributed by atoms with van der Waals surface area (Å²) < 4.78 is 39.3. The van der Waals surface area contributed by atoms with Gasteiger partial charge in [-0.1, -0.05) is 0 Å². The Kier molecular flexibility index (Phi) is 2.81. The Bertz CT molecular complexity index is 422. The van der Waals surface area contributed by atoms with Crippen LogP contribution in [0.15, 0.2) is 0 Å². The minimum atomic E-state index is -4.44. The summed E-state index contributed by atoms with van der Waals surface area (Å²) in [6.07, 6.45) is -4.44. The lowest BCUT2D eigenvalue weighted by atomic mass is 10.2. The lowest BCUT2D eigenvalue weighted by molar-refractivity contribution is -0.147. The maximum Gasteiger partial charge on any atom is 0.449 e. The second kappa shape index (κ2) is 3.90. The molecule has 0 aromatic carbocycles. The van der Waals surface area contributed by atoms with Crippen molar-refractivity contribution >= 4 is 5.82 Å². The molecule has 0 saturated heterocycles. The summed E-state index contributed by atoms with van der Waals surface area (Å²) in [6.45, 7) is 5.31. The lowest BCUT2D eigenvalue weighted by Crippen LogP contribution is -2.39. The van der Waals surface area contributed by atoms with E-state index < -0.39 is 12.0 Å². The van der Waals surface area contributed by atoms with Crippen molar-refractivity contribution < 1.29 is 13.2 Å². The third-order valence-corrected chi connectivity index (χ3v) is 3.05. The summed E-state index contributed by atoms with van der Waals surface area (Å²) in [6, 6.07) is 0.285. The molecule has 0 aliphatic carbocycles. The molecule has 0 bridgehead atoms. The maximum atomic E-state index is 12.7. The van der Waals surface area contributed by atoms with Crippen molar-refractivity contribution in [1.82, 2.24) is 14.5 Å². The van der Waals surface area contributed by atoms with Crippen molar-refractivity contribution in [3.05, 3.63) is 11.5 Å². The van der Waals surface area contributed by atoms with Crippen LogP contribution in [0.25, 0.3) is 0 Å². The van der Waals surface area contributed by atoms with Crippen LogP contribution in [0.5, 0.6) is 0 Å². The Morgan fingerprint density at radius 2 is 1.94 bits per heavy atom. The van der Waals surface area contributed by atoms with Crippen LogP contribution in [0, 0.1) is 0 Å². The molecule has 2 heterocycles. The van der Waals surface area contributed by atoms with Crippen molar-refractivity contribution in [2.75, 3.05) is 12.3 Å². The third-order valence-electron chi connectivity index (χ3n) is 3.05. The van der Waals surface area contributed by atoms with E-state index in [1.165, 1.54) is 4.57 Å². The van der Waals surface area contributed by atoms with Crippen LogP contribution in [-0.2, 0) is 19.3 Å². The molecule has 0 atom stereocenters. The number of nitrogen functional groups attached to an aromatic ring is 1. The van der Waals surface area contributed by atoms with Crippen molar-refractivity contribution in [3.8, 4) is 0 Å². The van der Waals surface area contributed by atoms with Gasteiger partial charge < -0.3 is 10.3 Å². The molecule has 1 aromatic heterocycles. The normalized spacial score (nSPS) is 17.5. The molecule has 1 aromatic rings. The zero-order valence-electron chi connectivity index (χ0n) is 9.75. The number of halogens is 3. The summed E-state index contributed by atoms with van der Waals surface area (Å²) >= 11 is 0. The predicted molar refractivity (Wildman–Crippen MR) is 57.2 cm³/mol. The smallest absolute Gasteiger partial charge is 0.382 e. The topological polar surface area (TPSA) is 47.1 Å². The number of fused-ring (bicyclic) bond motifs is 1. The van der Waals surface area contributed by atoms with Crippen LogP contribution >= 0.6 is 0 Å². The highest BCUT2D eigenvalue weighted by Crippen LogP contribution is 2.33. The number of anilines is 1. The SMILES string of the molecule is CC(C)N1CCn2c(C(F)(F)F)nc(N)c2C1. The molecule has 2 N–H and O–H groups in total. The molecule has 0 spiro atoms. The highest BCUT2D eigenvalue weighted by molar-refractivity contribution is 5.38. The summed E-state index contributed by atoms with van der Waals surface area (Å²) in [4.78, 5) is 5.52. The monoisotopic (exact) mass is 248 g/mol. The average Bonchev–Trinajstić information content (AvgIpc) is 2.55. The Balaban J connectivity index is 2.38. The Morgan fingerprint density at radius 1 is 1.29 bits per heavy atom. The van der Waals surface area contributed by atoms with Crippen LogP contribution in [-0.4, -0.2) is 27.0 Å². The quantitative estimate of drug-likeness (QED) is 0.823. The molecular weight excluding hydrogens is 233 g/mol. The number of rotatable bonds is 1. The van der Waals surface area contributed by atoms with Crippen LogP contribution in [0.3, 0.4) is 0 Å². The Hall–Kier alpha value is -1.24. The zero-order valence-corrected chi connectivity index (χ0v) is 9.75. The van der Waals surface area contributed by atoms with Gasteiger partial charge in [-0.05, 0) is 13.8 Å². The molecular formula is C10H15F3N4. The van der Waals surface area contributed by atoms with E-state index in [0.29, 0.717) is 18.8 Å². The fourth-order valence-corrected chi connectivity index (χ4v) is 2.07. The number of imidazole rings is 1. The van der Waals surface area contributed by atoms with Crippen molar-refractivity contribution in [2.24, 2.45) is 0 Å². The van der Waals surface area contributed by atoms with Gasteiger partial charge in [-0.15, -0.1) is 0 Å². The number of nitrogens with two attached hydrogens (primary N) is 1. The predicted octanol–water partition coefficient (Wildman–Crippen LogP) is 1.71. The molecule has 96 valence electrons. The number of nitrogens with zero attached hydrogens (tertiary/aromatic N) is 3. The van der Waals surface area contributed by atoms with Crippen LogP contribution in [0.2, 0.25) is 0 Å². The molecule has 0 amide bonds. The van der Waals surface area contributed by atoms with Crippen LogP contribution in [0.1, 0.15) is 25.4 Å². The first-order chi connectivity index (χ1) is 7.80. The Labute approximate surface area is 97.2 Å². The van der Waals surface area contributed by atoms with Crippen LogP contribution in [0.4, 0.5) is 19.0 Å². The average molecular weight is 248 g/mol. The fourth-order valence-electron chi connectivity index (χ4n) is 2.07. The van der Waals surface area contributed by atoms with E-state index in [1.54, 1.807) is 0 Å². The second-order valence-corrected chi connectivity index (χ2v) is 4.48. The number of aromatic nitrogens is 2. The molecule has 4 nitrogen and oxygen atoms in total. The highest BCUT2D eigenvalue weighted by Gasteiger charge is 2.39. The van der Waals surface area contributed by atoms with Gasteiger partial charge in [-0.25, -0.2) is 4.98 Å². The summed E-state index contributed by atoms with van der Waals surface area (Å²) in [5, 5.41) is 0. The molecule has 1 aliphatic heterocycles. The fraction of sp³-hybridized carbons (Fsp3) is 0.700. The van der Waals surface area contributed by atoms with Crippen molar-refractivity contribution in [3.63, 3.8) is 0 Å². The van der Waals surface area contributed by atoms with Gasteiger partial charge in [-0.2, -0.15) is 13.2 Å². The van der Waals surface area contributed by atoms with Crippen molar-refractivity contribution in [2.45, 2.75) is 39.2 Å². The van der Waals surface area contributed by atoms with Gasteiger partial charge in [-0.3, -0.25) is 4.90 Å². The summed E-state index contributed by atoms with van der Waals surface area (Å²) in [5.41, 5.74) is 6.03. The minimum Gasteiger partial charge on any atom is -0.382 e. The lowest BCUT2D eigenvalue weighted by Gasteiger charge is -2.32. The van der Waals surface area contributed by atoms with E-state index in [0.717, 1.165) is 0 Å². The molecule has 7 heteroatoms. The van der Waals surface area contributed by atoms with Gasteiger partial charge in [0, 0.05) is 25.7 Å².